The van der Waals surface area contributed by atoms with Crippen molar-refractivity contribution in [2.45, 2.75) is 58.9 Å². The first kappa shape index (κ1) is 20.7. The van der Waals surface area contributed by atoms with Crippen LogP contribution in [0.3, 0.4) is 0 Å². The van der Waals surface area contributed by atoms with Gasteiger partial charge in [-0.2, -0.15) is 5.26 Å². The molecular formula is C25H29N3O. The summed E-state index contributed by atoms with van der Waals surface area (Å²) in [7, 11) is 0. The molecule has 0 fully saturated rings. The van der Waals surface area contributed by atoms with E-state index in [0.717, 1.165) is 41.6 Å². The Balaban J connectivity index is 1.71. The fourth-order valence-electron chi connectivity index (χ4n) is 3.90. The number of benzene rings is 2. The van der Waals surface area contributed by atoms with Gasteiger partial charge in [0.25, 0.3) is 5.91 Å². The molecule has 3 rings (SSSR count). The summed E-state index contributed by atoms with van der Waals surface area (Å²) in [6.07, 6.45) is 7.11. The van der Waals surface area contributed by atoms with Gasteiger partial charge in [0.15, 0.2) is 0 Å². The van der Waals surface area contributed by atoms with E-state index in [1.54, 1.807) is 0 Å². The first-order chi connectivity index (χ1) is 14.0. The third kappa shape index (κ3) is 4.86. The molecule has 0 saturated carbocycles. The maximum atomic E-state index is 12.7. The predicted octanol–water partition coefficient (Wildman–Crippen LogP) is 5.13. The van der Waals surface area contributed by atoms with Crippen molar-refractivity contribution in [3.63, 3.8) is 0 Å². The molecule has 0 bridgehead atoms. The van der Waals surface area contributed by atoms with Crippen LogP contribution in [0.4, 0.5) is 5.69 Å². The molecule has 0 aromatic heterocycles. The van der Waals surface area contributed by atoms with Crippen LogP contribution >= 0.6 is 0 Å². The lowest BCUT2D eigenvalue weighted by Crippen LogP contribution is -2.28. The first-order valence-corrected chi connectivity index (χ1v) is 10.4. The maximum Gasteiger partial charge on any atom is 0.263 e. The van der Waals surface area contributed by atoms with Gasteiger partial charge in [0.2, 0.25) is 0 Å². The molecule has 1 aliphatic carbocycles. The standard InChI is InChI=1S/C25H29N3O/c1-4-19-11-7-8-17(2)24(19)27-16-23(15-26)25(29)28-18(3)21-13-12-20-9-5-6-10-22(20)14-21/h7-8,11-14,16,18,27H,4-6,9-10H2,1-3H3,(H,28,29)/b23-16-. The first-order valence-electron chi connectivity index (χ1n) is 10.4. The van der Waals surface area contributed by atoms with Gasteiger partial charge in [-0.25, -0.2) is 0 Å². The van der Waals surface area contributed by atoms with Gasteiger partial charge in [0.1, 0.15) is 11.6 Å². The van der Waals surface area contributed by atoms with E-state index in [1.807, 2.05) is 38.1 Å². The Morgan fingerprint density at radius 3 is 2.69 bits per heavy atom. The average molecular weight is 388 g/mol. The third-order valence-electron chi connectivity index (χ3n) is 5.69. The Hall–Kier alpha value is -3.06. The number of anilines is 1. The molecule has 0 heterocycles. The van der Waals surface area contributed by atoms with Crippen molar-refractivity contribution in [1.29, 1.82) is 5.26 Å². The van der Waals surface area contributed by atoms with Crippen LogP contribution in [-0.4, -0.2) is 5.91 Å². The molecule has 0 spiro atoms. The zero-order valence-electron chi connectivity index (χ0n) is 17.5. The van der Waals surface area contributed by atoms with Crippen molar-refractivity contribution in [1.82, 2.24) is 5.32 Å². The quantitative estimate of drug-likeness (QED) is 0.533. The summed E-state index contributed by atoms with van der Waals surface area (Å²) < 4.78 is 0. The summed E-state index contributed by atoms with van der Waals surface area (Å²) in [4.78, 5) is 12.7. The summed E-state index contributed by atoms with van der Waals surface area (Å²) in [6.45, 7) is 6.06. The van der Waals surface area contributed by atoms with Crippen molar-refractivity contribution in [3.05, 3.63) is 76.0 Å². The Morgan fingerprint density at radius 2 is 1.97 bits per heavy atom. The minimum absolute atomic E-state index is 0.0696. The van der Waals surface area contributed by atoms with Crippen molar-refractivity contribution < 1.29 is 4.79 Å². The van der Waals surface area contributed by atoms with Gasteiger partial charge in [-0.15, -0.1) is 0 Å². The molecule has 0 radical (unpaired) electrons. The molecule has 1 unspecified atom stereocenters. The molecule has 150 valence electrons. The molecule has 0 aliphatic heterocycles. The van der Waals surface area contributed by atoms with E-state index in [9.17, 15) is 10.1 Å². The number of carbonyl (C=O) groups is 1. The number of amides is 1. The molecule has 1 atom stereocenters. The van der Waals surface area contributed by atoms with Gasteiger partial charge in [0, 0.05) is 11.9 Å². The lowest BCUT2D eigenvalue weighted by atomic mass is 9.89. The fourth-order valence-corrected chi connectivity index (χ4v) is 3.90. The van der Waals surface area contributed by atoms with Crippen LogP contribution in [0.25, 0.3) is 0 Å². The highest BCUT2D eigenvalue weighted by atomic mass is 16.1. The Morgan fingerprint density at radius 1 is 1.21 bits per heavy atom. The van der Waals surface area contributed by atoms with E-state index in [2.05, 4.69) is 35.8 Å². The number of nitrogens with one attached hydrogen (secondary N) is 2. The smallest absolute Gasteiger partial charge is 0.263 e. The van der Waals surface area contributed by atoms with Gasteiger partial charge in [-0.1, -0.05) is 43.3 Å². The fraction of sp³-hybridized carbons (Fsp3) is 0.360. The molecule has 2 aromatic rings. The number of nitriles is 1. The summed E-state index contributed by atoms with van der Waals surface area (Å²) in [5, 5.41) is 15.6. The van der Waals surface area contributed by atoms with E-state index in [4.69, 9.17) is 0 Å². The second-order valence-electron chi connectivity index (χ2n) is 7.71. The van der Waals surface area contributed by atoms with Crippen molar-refractivity contribution in [3.8, 4) is 6.07 Å². The van der Waals surface area contributed by atoms with Crippen molar-refractivity contribution in [2.75, 3.05) is 5.32 Å². The summed E-state index contributed by atoms with van der Waals surface area (Å²) >= 11 is 0. The monoisotopic (exact) mass is 387 g/mol. The molecule has 1 aliphatic rings. The summed E-state index contributed by atoms with van der Waals surface area (Å²) in [6, 6.07) is 14.4. The Labute approximate surface area is 173 Å². The third-order valence-corrected chi connectivity index (χ3v) is 5.69. The van der Waals surface area contributed by atoms with Gasteiger partial charge < -0.3 is 10.6 Å². The van der Waals surface area contributed by atoms with Crippen LogP contribution in [0.1, 0.15) is 60.5 Å². The van der Waals surface area contributed by atoms with Crippen molar-refractivity contribution >= 4 is 11.6 Å². The highest BCUT2D eigenvalue weighted by Gasteiger charge is 2.16. The zero-order valence-corrected chi connectivity index (χ0v) is 17.5. The molecule has 29 heavy (non-hydrogen) atoms. The maximum absolute atomic E-state index is 12.7. The van der Waals surface area contributed by atoms with E-state index in [-0.39, 0.29) is 17.5 Å². The lowest BCUT2D eigenvalue weighted by Gasteiger charge is -2.20. The number of para-hydroxylation sites is 1. The highest BCUT2D eigenvalue weighted by Crippen LogP contribution is 2.25. The minimum atomic E-state index is -0.364. The molecule has 2 aromatic carbocycles. The predicted molar refractivity (Wildman–Crippen MR) is 118 cm³/mol. The van der Waals surface area contributed by atoms with Gasteiger partial charge in [-0.05, 0) is 73.8 Å². The topological polar surface area (TPSA) is 64.9 Å². The van der Waals surface area contributed by atoms with E-state index in [0.29, 0.717) is 0 Å². The second kappa shape index (κ2) is 9.43. The SMILES string of the molecule is CCc1cccc(C)c1N/C=C(/C#N)C(=O)NC(C)c1ccc2c(c1)CCCC2. The van der Waals surface area contributed by atoms with Gasteiger partial charge >= 0.3 is 0 Å². The second-order valence-corrected chi connectivity index (χ2v) is 7.71. The number of nitrogens with zero attached hydrogens (tertiary/aromatic N) is 1. The summed E-state index contributed by atoms with van der Waals surface area (Å²) in [5.41, 5.74) is 7.15. The van der Waals surface area contributed by atoms with Crippen LogP contribution in [0.5, 0.6) is 0 Å². The van der Waals surface area contributed by atoms with Crippen LogP contribution in [0, 0.1) is 18.3 Å². The van der Waals surface area contributed by atoms with E-state index >= 15 is 0 Å². The summed E-state index contributed by atoms with van der Waals surface area (Å²) in [5.74, 6) is -0.364. The minimum Gasteiger partial charge on any atom is -0.360 e. The van der Waals surface area contributed by atoms with Gasteiger partial charge in [0.05, 0.1) is 6.04 Å². The Bertz CT molecular complexity index is 969. The van der Waals surface area contributed by atoms with Crippen molar-refractivity contribution in [2.24, 2.45) is 0 Å². The molecular weight excluding hydrogens is 358 g/mol. The molecule has 1 amide bonds. The number of fused-ring (bicyclic) bond motifs is 1. The van der Waals surface area contributed by atoms with Crippen LogP contribution in [-0.2, 0) is 24.1 Å². The van der Waals surface area contributed by atoms with Gasteiger partial charge in [-0.3, -0.25) is 4.79 Å². The largest absolute Gasteiger partial charge is 0.360 e. The Kier molecular flexibility index (Phi) is 6.72. The molecule has 4 heteroatoms. The van der Waals surface area contributed by atoms with Crippen LogP contribution < -0.4 is 10.6 Å². The lowest BCUT2D eigenvalue weighted by molar-refractivity contribution is -0.117. The number of hydrogen-bond donors (Lipinski definition) is 2. The molecule has 4 nitrogen and oxygen atoms in total. The highest BCUT2D eigenvalue weighted by molar-refractivity contribution is 5.97. The van der Waals surface area contributed by atoms with Crippen LogP contribution in [0.15, 0.2) is 48.2 Å². The number of hydrogen-bond acceptors (Lipinski definition) is 3. The molecule has 0 saturated heterocycles. The van der Waals surface area contributed by atoms with Crippen LogP contribution in [0.2, 0.25) is 0 Å². The normalized spacial score (nSPS) is 14.5. The number of carbonyl (C=O) groups excluding carboxylic acids is 1. The average Bonchev–Trinajstić information content (AvgIpc) is 2.74. The van der Waals surface area contributed by atoms with E-state index in [1.165, 1.54) is 30.2 Å². The van der Waals surface area contributed by atoms with E-state index < -0.39 is 0 Å². The molecule has 2 N–H and O–H groups in total. The number of aryl methyl sites for hydroxylation is 4. The zero-order chi connectivity index (χ0) is 20.8. The number of rotatable bonds is 6.